The molecule has 1 aliphatic rings. The molecule has 0 atom stereocenters. The molecular formula is C12H6N2OS. The molecule has 0 aliphatic heterocycles. The van der Waals surface area contributed by atoms with Gasteiger partial charge in [0.05, 0.1) is 0 Å². The lowest BCUT2D eigenvalue weighted by Gasteiger charge is -1.98. The van der Waals surface area contributed by atoms with Crippen LogP contribution in [0, 0.1) is 22.7 Å². The molecule has 2 rings (SSSR count). The van der Waals surface area contributed by atoms with E-state index in [1.165, 1.54) is 11.3 Å². The second-order valence-electron chi connectivity index (χ2n) is 3.20. The van der Waals surface area contributed by atoms with Crippen molar-refractivity contribution < 1.29 is 4.79 Å². The molecular weight excluding hydrogens is 220 g/mol. The summed E-state index contributed by atoms with van der Waals surface area (Å²) in [6.07, 6.45) is 1.65. The Kier molecular flexibility index (Phi) is 2.44. The zero-order valence-electron chi connectivity index (χ0n) is 8.44. The number of nitrogens with zero attached hydrogens (tertiary/aromatic N) is 2. The number of rotatable bonds is 0. The van der Waals surface area contributed by atoms with Crippen LogP contribution >= 0.6 is 11.3 Å². The summed E-state index contributed by atoms with van der Waals surface area (Å²) in [5.74, 6) is -0.100. The van der Waals surface area contributed by atoms with Crippen molar-refractivity contribution in [3.05, 3.63) is 39.1 Å². The minimum absolute atomic E-state index is 0.00130. The van der Waals surface area contributed by atoms with Crippen LogP contribution in [0.2, 0.25) is 0 Å². The Morgan fingerprint density at radius 3 is 2.50 bits per heavy atom. The fraction of sp³-hybridized carbons (Fsp3) is 0.0833. The van der Waals surface area contributed by atoms with E-state index in [4.69, 9.17) is 10.5 Å². The van der Waals surface area contributed by atoms with Crippen molar-refractivity contribution in [2.75, 3.05) is 0 Å². The van der Waals surface area contributed by atoms with Gasteiger partial charge in [0.15, 0.2) is 5.78 Å². The van der Waals surface area contributed by atoms with E-state index in [0.717, 1.165) is 0 Å². The summed E-state index contributed by atoms with van der Waals surface area (Å²) in [6.45, 7) is 1.73. The standard InChI is InChI=1S/C12H6N2OS/c1-2-8-11(7(3-13)4-14)9-5-16-6-10(9)12(8)15/h2,5-6H,1H3/b8-2+. The number of allylic oxidation sites excluding steroid dienone is 4. The molecule has 1 heterocycles. The zero-order valence-corrected chi connectivity index (χ0v) is 9.26. The number of hydrogen-bond donors (Lipinski definition) is 0. The third kappa shape index (κ3) is 1.21. The maximum Gasteiger partial charge on any atom is 0.194 e. The maximum absolute atomic E-state index is 11.9. The Balaban J connectivity index is 2.83. The van der Waals surface area contributed by atoms with E-state index in [9.17, 15) is 4.79 Å². The van der Waals surface area contributed by atoms with Gasteiger partial charge in [0.25, 0.3) is 0 Å². The van der Waals surface area contributed by atoms with E-state index >= 15 is 0 Å². The maximum atomic E-state index is 11.9. The van der Waals surface area contributed by atoms with Crippen molar-refractivity contribution in [1.29, 1.82) is 10.5 Å². The largest absolute Gasteiger partial charge is 0.289 e. The number of nitriles is 2. The van der Waals surface area contributed by atoms with Gasteiger partial charge in [0, 0.05) is 27.7 Å². The molecule has 0 saturated carbocycles. The van der Waals surface area contributed by atoms with Crippen LogP contribution in [0.4, 0.5) is 0 Å². The summed E-state index contributed by atoms with van der Waals surface area (Å²) in [5, 5.41) is 21.3. The van der Waals surface area contributed by atoms with Crippen LogP contribution in [0.1, 0.15) is 22.8 Å². The molecule has 0 radical (unpaired) electrons. The number of fused-ring (bicyclic) bond motifs is 1. The molecule has 16 heavy (non-hydrogen) atoms. The molecule has 0 fully saturated rings. The van der Waals surface area contributed by atoms with Crippen LogP contribution < -0.4 is 0 Å². The summed E-state index contributed by atoms with van der Waals surface area (Å²) in [4.78, 5) is 11.9. The predicted octanol–water partition coefficient (Wildman–Crippen LogP) is 2.69. The molecule has 0 spiro atoms. The molecule has 0 bridgehead atoms. The average Bonchev–Trinajstić information content (AvgIpc) is 2.85. The van der Waals surface area contributed by atoms with Crippen molar-refractivity contribution in [1.82, 2.24) is 0 Å². The van der Waals surface area contributed by atoms with Crippen LogP contribution in [0.5, 0.6) is 0 Å². The van der Waals surface area contributed by atoms with Gasteiger partial charge >= 0.3 is 0 Å². The molecule has 0 N–H and O–H groups in total. The smallest absolute Gasteiger partial charge is 0.194 e. The van der Waals surface area contributed by atoms with E-state index in [-0.39, 0.29) is 11.4 Å². The van der Waals surface area contributed by atoms with E-state index in [1.54, 1.807) is 23.8 Å². The van der Waals surface area contributed by atoms with Gasteiger partial charge in [0.1, 0.15) is 17.7 Å². The van der Waals surface area contributed by atoms with Crippen LogP contribution in [-0.2, 0) is 0 Å². The number of carbonyl (C=O) groups is 1. The van der Waals surface area contributed by atoms with Crippen molar-refractivity contribution in [2.24, 2.45) is 0 Å². The van der Waals surface area contributed by atoms with Gasteiger partial charge in [-0.1, -0.05) is 6.08 Å². The highest BCUT2D eigenvalue weighted by Gasteiger charge is 2.32. The topological polar surface area (TPSA) is 64.7 Å². The lowest BCUT2D eigenvalue weighted by molar-refractivity contribution is 0.104. The molecule has 1 aromatic rings. The molecule has 0 saturated heterocycles. The van der Waals surface area contributed by atoms with Gasteiger partial charge in [-0.3, -0.25) is 4.79 Å². The van der Waals surface area contributed by atoms with Gasteiger partial charge in [-0.2, -0.15) is 21.9 Å². The van der Waals surface area contributed by atoms with Crippen molar-refractivity contribution in [3.8, 4) is 12.1 Å². The fourth-order valence-corrected chi connectivity index (χ4v) is 2.57. The molecule has 0 amide bonds. The minimum atomic E-state index is -0.100. The minimum Gasteiger partial charge on any atom is -0.289 e. The van der Waals surface area contributed by atoms with Crippen molar-refractivity contribution in [2.45, 2.75) is 6.92 Å². The molecule has 0 aromatic carbocycles. The van der Waals surface area contributed by atoms with Gasteiger partial charge in [-0.05, 0) is 12.3 Å². The Morgan fingerprint density at radius 2 is 1.94 bits per heavy atom. The number of Topliss-reactive ketones (excluding diaryl/α,β-unsaturated/α-hetero) is 1. The Labute approximate surface area is 96.6 Å². The van der Waals surface area contributed by atoms with Gasteiger partial charge in [0.2, 0.25) is 0 Å². The molecule has 1 aliphatic carbocycles. The monoisotopic (exact) mass is 226 g/mol. The van der Waals surface area contributed by atoms with Gasteiger partial charge in [-0.15, -0.1) is 0 Å². The molecule has 0 unspecified atom stereocenters. The SMILES string of the molecule is C/C=C1/C(=O)c2cscc2C1=C(C#N)C#N. The first-order chi connectivity index (χ1) is 7.74. The van der Waals surface area contributed by atoms with E-state index in [2.05, 4.69) is 0 Å². The summed E-state index contributed by atoms with van der Waals surface area (Å²) in [7, 11) is 0. The second-order valence-corrected chi connectivity index (χ2v) is 3.95. The van der Waals surface area contributed by atoms with Crippen LogP contribution in [0.15, 0.2) is 28.0 Å². The van der Waals surface area contributed by atoms with Gasteiger partial charge < -0.3 is 0 Å². The Hall–Kier alpha value is -2.17. The third-order valence-electron chi connectivity index (χ3n) is 2.45. The fourth-order valence-electron chi connectivity index (χ4n) is 1.75. The number of thiophene rings is 1. The Bertz CT molecular complexity index is 604. The second kappa shape index (κ2) is 3.77. The first kappa shape index (κ1) is 10.4. The number of carbonyl (C=O) groups excluding carboxylic acids is 1. The molecule has 3 nitrogen and oxygen atoms in total. The lowest BCUT2D eigenvalue weighted by Crippen LogP contribution is -1.94. The normalized spacial score (nSPS) is 15.8. The zero-order chi connectivity index (χ0) is 11.7. The van der Waals surface area contributed by atoms with E-state index in [1.807, 2.05) is 12.1 Å². The first-order valence-corrected chi connectivity index (χ1v) is 5.51. The van der Waals surface area contributed by atoms with Crippen LogP contribution in [0.25, 0.3) is 5.57 Å². The Morgan fingerprint density at radius 1 is 1.31 bits per heavy atom. The van der Waals surface area contributed by atoms with Gasteiger partial charge in [-0.25, -0.2) is 0 Å². The van der Waals surface area contributed by atoms with E-state index in [0.29, 0.717) is 22.3 Å². The number of hydrogen-bond acceptors (Lipinski definition) is 4. The molecule has 4 heteroatoms. The summed E-state index contributed by atoms with van der Waals surface area (Å²) < 4.78 is 0. The van der Waals surface area contributed by atoms with Crippen LogP contribution in [-0.4, -0.2) is 5.78 Å². The van der Waals surface area contributed by atoms with Crippen molar-refractivity contribution >= 4 is 22.7 Å². The highest BCUT2D eigenvalue weighted by molar-refractivity contribution is 7.08. The summed E-state index contributed by atoms with van der Waals surface area (Å²) in [6, 6.07) is 3.68. The predicted molar refractivity (Wildman–Crippen MR) is 60.6 cm³/mol. The molecule has 76 valence electrons. The van der Waals surface area contributed by atoms with E-state index < -0.39 is 0 Å². The third-order valence-corrected chi connectivity index (χ3v) is 3.20. The lowest BCUT2D eigenvalue weighted by atomic mass is 10.0. The van der Waals surface area contributed by atoms with Crippen LogP contribution in [0.3, 0.4) is 0 Å². The average molecular weight is 226 g/mol. The molecule has 1 aromatic heterocycles. The first-order valence-electron chi connectivity index (χ1n) is 4.57. The highest BCUT2D eigenvalue weighted by atomic mass is 32.1. The number of ketones is 1. The summed E-state index contributed by atoms with van der Waals surface area (Å²) >= 11 is 1.40. The highest BCUT2D eigenvalue weighted by Crippen LogP contribution is 2.40. The summed E-state index contributed by atoms with van der Waals surface area (Å²) in [5.41, 5.74) is 2.24. The van der Waals surface area contributed by atoms with Crippen molar-refractivity contribution in [3.63, 3.8) is 0 Å². The quantitative estimate of drug-likeness (QED) is 0.504.